The highest BCUT2D eigenvalue weighted by atomic mass is 19.4. The van der Waals surface area contributed by atoms with Crippen LogP contribution in [0.2, 0.25) is 0 Å². The Morgan fingerprint density at radius 3 is 1.38 bits per heavy atom. The van der Waals surface area contributed by atoms with Crippen molar-refractivity contribution in [3.05, 3.63) is 167 Å². The van der Waals surface area contributed by atoms with E-state index >= 15 is 13.2 Å². The molecule has 230 valence electrons. The summed E-state index contributed by atoms with van der Waals surface area (Å²) in [5, 5.41) is 0. The molecule has 0 fully saturated rings. The lowest BCUT2D eigenvalue weighted by Crippen LogP contribution is -2.15. The highest BCUT2D eigenvalue weighted by molar-refractivity contribution is 6.00. The van der Waals surface area contributed by atoms with Crippen LogP contribution in [0.5, 0.6) is 11.5 Å². The van der Waals surface area contributed by atoms with Gasteiger partial charge >= 0.3 is 6.18 Å². The van der Waals surface area contributed by atoms with Gasteiger partial charge in [0, 0.05) is 12.1 Å². The fourth-order valence-corrected chi connectivity index (χ4v) is 5.01. The van der Waals surface area contributed by atoms with Crippen molar-refractivity contribution < 1.29 is 22.6 Å². The lowest BCUT2D eigenvalue weighted by Gasteiger charge is -2.20. The minimum Gasteiger partial charge on any atom is -0.489 e. The summed E-state index contributed by atoms with van der Waals surface area (Å²) < 4.78 is 56.9. The van der Waals surface area contributed by atoms with Gasteiger partial charge in [-0.1, -0.05) is 109 Å². The van der Waals surface area contributed by atoms with Crippen molar-refractivity contribution in [1.29, 1.82) is 0 Å². The van der Waals surface area contributed by atoms with Gasteiger partial charge in [-0.3, -0.25) is 0 Å². The summed E-state index contributed by atoms with van der Waals surface area (Å²) in [6, 6.07) is 39.7. The molecule has 5 aromatic rings. The number of allylic oxidation sites excluding steroid dienone is 1. The third-order valence-corrected chi connectivity index (χ3v) is 7.41. The number of nitrogens with zero attached hydrogens (tertiary/aromatic N) is 1. The van der Waals surface area contributed by atoms with Crippen LogP contribution in [0, 0.1) is 0 Å². The molecule has 0 aliphatic carbocycles. The SMILES string of the molecule is CN(C)CCc1ccc(C(=C(c2ccc(OCc3ccccc3)cc2)C(F)(F)F)c2ccc(OCc3ccccc3)cc2)cc1. The summed E-state index contributed by atoms with van der Waals surface area (Å²) in [5.41, 5.74) is 3.43. The van der Waals surface area contributed by atoms with Crippen LogP contribution in [-0.4, -0.2) is 31.7 Å². The van der Waals surface area contributed by atoms with E-state index in [-0.39, 0.29) is 11.1 Å². The van der Waals surface area contributed by atoms with Gasteiger partial charge in [-0.05, 0) is 78.2 Å². The molecule has 0 unspecified atom stereocenters. The Hall–Kier alpha value is -4.81. The zero-order valence-electron chi connectivity index (χ0n) is 25.4. The molecule has 0 heterocycles. The average Bonchev–Trinajstić information content (AvgIpc) is 3.06. The number of halogens is 3. The molecular weight excluding hydrogens is 571 g/mol. The number of benzene rings is 5. The Morgan fingerprint density at radius 2 is 0.956 bits per heavy atom. The Labute approximate surface area is 263 Å². The van der Waals surface area contributed by atoms with Gasteiger partial charge in [0.2, 0.25) is 0 Å². The first-order valence-electron chi connectivity index (χ1n) is 14.9. The number of hydrogen-bond donors (Lipinski definition) is 0. The first-order valence-corrected chi connectivity index (χ1v) is 14.9. The van der Waals surface area contributed by atoms with Crippen LogP contribution < -0.4 is 9.47 Å². The minimum absolute atomic E-state index is 0.0608. The van der Waals surface area contributed by atoms with Crippen LogP contribution >= 0.6 is 0 Å². The largest absolute Gasteiger partial charge is 0.489 e. The molecule has 0 spiro atoms. The van der Waals surface area contributed by atoms with E-state index in [1.165, 1.54) is 12.1 Å². The summed E-state index contributed by atoms with van der Waals surface area (Å²) in [6.07, 6.45) is -3.83. The monoisotopic (exact) mass is 607 g/mol. The Balaban J connectivity index is 1.50. The first kappa shape index (κ1) is 31.6. The quantitative estimate of drug-likeness (QED) is 0.132. The topological polar surface area (TPSA) is 21.7 Å². The molecular formula is C39H36F3NO2. The van der Waals surface area contributed by atoms with E-state index in [0.29, 0.717) is 35.8 Å². The van der Waals surface area contributed by atoms with Gasteiger partial charge in [0.15, 0.2) is 0 Å². The van der Waals surface area contributed by atoms with Crippen molar-refractivity contribution in [2.75, 3.05) is 20.6 Å². The standard InChI is InChI=1S/C39H36F3NO2/c1-43(2)26-25-29-13-15-32(16-14-29)37(33-17-21-35(22-18-33)44-27-30-9-5-3-6-10-30)38(39(40,41)42)34-19-23-36(24-20-34)45-28-31-11-7-4-8-12-31/h3-24H,25-28H2,1-2H3. The highest BCUT2D eigenvalue weighted by Crippen LogP contribution is 2.43. The second kappa shape index (κ2) is 14.8. The smallest absolute Gasteiger partial charge is 0.417 e. The Bertz CT molecular complexity index is 1660. The summed E-state index contributed by atoms with van der Waals surface area (Å²) in [5.74, 6) is 1.07. The van der Waals surface area contributed by atoms with Gasteiger partial charge in [0.05, 0.1) is 5.57 Å². The maximum Gasteiger partial charge on any atom is 0.417 e. The molecule has 0 bridgehead atoms. The van der Waals surface area contributed by atoms with Gasteiger partial charge in [0.25, 0.3) is 0 Å². The lowest BCUT2D eigenvalue weighted by atomic mass is 9.88. The zero-order valence-corrected chi connectivity index (χ0v) is 25.4. The Morgan fingerprint density at radius 1 is 0.533 bits per heavy atom. The summed E-state index contributed by atoms with van der Waals surface area (Å²) in [6.45, 7) is 1.54. The molecule has 6 heteroatoms. The van der Waals surface area contributed by atoms with Gasteiger partial charge in [-0.2, -0.15) is 13.2 Å². The van der Waals surface area contributed by atoms with Gasteiger partial charge in [-0.15, -0.1) is 0 Å². The maximum atomic E-state index is 15.1. The van der Waals surface area contributed by atoms with Crippen LogP contribution in [0.25, 0.3) is 11.1 Å². The van der Waals surface area contributed by atoms with Crippen molar-refractivity contribution in [2.45, 2.75) is 25.8 Å². The van der Waals surface area contributed by atoms with E-state index in [1.54, 1.807) is 48.5 Å². The van der Waals surface area contributed by atoms with E-state index < -0.39 is 11.7 Å². The maximum absolute atomic E-state index is 15.1. The molecule has 45 heavy (non-hydrogen) atoms. The van der Waals surface area contributed by atoms with E-state index in [0.717, 1.165) is 29.7 Å². The fraction of sp³-hybridized carbons (Fsp3) is 0.179. The Kier molecular flexibility index (Phi) is 10.4. The van der Waals surface area contributed by atoms with Gasteiger partial charge < -0.3 is 14.4 Å². The molecule has 0 saturated carbocycles. The number of rotatable bonds is 12. The van der Waals surface area contributed by atoms with Crippen LogP contribution in [0.3, 0.4) is 0 Å². The van der Waals surface area contributed by atoms with Crippen LogP contribution in [0.1, 0.15) is 33.4 Å². The van der Waals surface area contributed by atoms with Crippen LogP contribution in [0.15, 0.2) is 133 Å². The molecule has 5 rings (SSSR count). The van der Waals surface area contributed by atoms with Crippen molar-refractivity contribution in [1.82, 2.24) is 4.90 Å². The number of ether oxygens (including phenoxy) is 2. The first-order chi connectivity index (χ1) is 21.8. The van der Waals surface area contributed by atoms with Crippen molar-refractivity contribution in [3.63, 3.8) is 0 Å². The normalized spacial score (nSPS) is 12.1. The molecule has 0 atom stereocenters. The molecule has 0 amide bonds. The molecule has 5 aromatic carbocycles. The molecule has 0 aromatic heterocycles. The van der Waals surface area contributed by atoms with Crippen LogP contribution in [-0.2, 0) is 19.6 Å². The van der Waals surface area contributed by atoms with E-state index in [1.807, 2.05) is 86.9 Å². The molecule has 0 N–H and O–H groups in total. The molecule has 0 aliphatic rings. The van der Waals surface area contributed by atoms with E-state index in [9.17, 15) is 0 Å². The third kappa shape index (κ3) is 8.87. The fourth-order valence-electron chi connectivity index (χ4n) is 5.01. The van der Waals surface area contributed by atoms with E-state index in [4.69, 9.17) is 9.47 Å². The third-order valence-electron chi connectivity index (χ3n) is 7.41. The second-order valence-electron chi connectivity index (χ2n) is 11.1. The van der Waals surface area contributed by atoms with Crippen molar-refractivity contribution >= 4 is 11.1 Å². The predicted molar refractivity (Wildman–Crippen MR) is 175 cm³/mol. The van der Waals surface area contributed by atoms with Crippen molar-refractivity contribution in [2.24, 2.45) is 0 Å². The summed E-state index contributed by atoms with van der Waals surface area (Å²) >= 11 is 0. The van der Waals surface area contributed by atoms with Gasteiger partial charge in [0.1, 0.15) is 24.7 Å². The molecule has 0 radical (unpaired) electrons. The minimum atomic E-state index is -4.63. The number of alkyl halides is 3. The second-order valence-corrected chi connectivity index (χ2v) is 11.1. The van der Waals surface area contributed by atoms with E-state index in [2.05, 4.69) is 4.90 Å². The molecule has 0 aliphatic heterocycles. The average molecular weight is 608 g/mol. The van der Waals surface area contributed by atoms with Crippen molar-refractivity contribution in [3.8, 4) is 11.5 Å². The molecule has 3 nitrogen and oxygen atoms in total. The zero-order chi connectivity index (χ0) is 31.6. The summed E-state index contributed by atoms with van der Waals surface area (Å²) in [7, 11) is 3.99. The molecule has 0 saturated heterocycles. The summed E-state index contributed by atoms with van der Waals surface area (Å²) in [4.78, 5) is 2.08. The number of likely N-dealkylation sites (N-methyl/N-ethyl adjacent to an activating group) is 1. The van der Waals surface area contributed by atoms with Gasteiger partial charge in [-0.25, -0.2) is 0 Å². The highest BCUT2D eigenvalue weighted by Gasteiger charge is 2.38. The lowest BCUT2D eigenvalue weighted by molar-refractivity contribution is -0.0685. The number of hydrogen-bond acceptors (Lipinski definition) is 3. The predicted octanol–water partition coefficient (Wildman–Crippen LogP) is 9.47. The van der Waals surface area contributed by atoms with Crippen LogP contribution in [0.4, 0.5) is 13.2 Å².